The lowest BCUT2D eigenvalue weighted by Gasteiger charge is -2.29. The first-order valence-electron chi connectivity index (χ1n) is 12.2. The number of ether oxygens (including phenoxy) is 2. The molecule has 2 amide bonds. The van der Waals surface area contributed by atoms with Gasteiger partial charge in [0.2, 0.25) is 5.91 Å². The van der Waals surface area contributed by atoms with E-state index in [0.29, 0.717) is 42.6 Å². The molecule has 0 aliphatic carbocycles. The fourth-order valence-corrected chi connectivity index (χ4v) is 4.95. The van der Waals surface area contributed by atoms with Gasteiger partial charge in [0.1, 0.15) is 5.69 Å². The van der Waals surface area contributed by atoms with E-state index in [-0.39, 0.29) is 34.4 Å². The van der Waals surface area contributed by atoms with Crippen molar-refractivity contribution in [3.05, 3.63) is 76.2 Å². The van der Waals surface area contributed by atoms with Crippen molar-refractivity contribution in [2.75, 3.05) is 37.4 Å². The zero-order valence-electron chi connectivity index (χ0n) is 21.5. The summed E-state index contributed by atoms with van der Waals surface area (Å²) < 4.78 is 13.9. The number of amides is 2. The Hall–Kier alpha value is -3.83. The van der Waals surface area contributed by atoms with Crippen LogP contribution in [0.3, 0.4) is 0 Å². The molecule has 1 N–H and O–H groups in total. The summed E-state index contributed by atoms with van der Waals surface area (Å²) in [4.78, 5) is 53.5. The highest BCUT2D eigenvalue weighted by Gasteiger charge is 2.27. The molecular weight excluding hydrogens is 508 g/mol. The van der Waals surface area contributed by atoms with Crippen molar-refractivity contribution in [3.63, 3.8) is 0 Å². The molecule has 38 heavy (non-hydrogen) atoms. The molecule has 2 aromatic carbocycles. The summed E-state index contributed by atoms with van der Waals surface area (Å²) in [5.74, 6) is -1.34. The van der Waals surface area contributed by atoms with Gasteiger partial charge < -0.3 is 19.7 Å². The first-order valence-corrected chi connectivity index (χ1v) is 13.2. The van der Waals surface area contributed by atoms with Crippen LogP contribution in [0.15, 0.2) is 64.3 Å². The van der Waals surface area contributed by atoms with Crippen LogP contribution in [-0.2, 0) is 26.1 Å². The zero-order chi connectivity index (χ0) is 27.2. The largest absolute Gasteiger partial charge is 0.449 e. The van der Waals surface area contributed by atoms with Crippen molar-refractivity contribution in [1.82, 2.24) is 14.3 Å². The van der Waals surface area contributed by atoms with Gasteiger partial charge in [-0.2, -0.15) is 0 Å². The van der Waals surface area contributed by atoms with E-state index in [4.69, 9.17) is 9.47 Å². The van der Waals surface area contributed by atoms with Crippen molar-refractivity contribution >= 4 is 35.2 Å². The van der Waals surface area contributed by atoms with Crippen molar-refractivity contribution < 1.29 is 23.9 Å². The molecule has 1 saturated heterocycles. The summed E-state index contributed by atoms with van der Waals surface area (Å²) >= 11 is 1.14. The third-order valence-electron chi connectivity index (χ3n) is 6.24. The van der Waals surface area contributed by atoms with E-state index in [1.807, 2.05) is 30.3 Å². The van der Waals surface area contributed by atoms with Crippen LogP contribution in [0, 0.1) is 6.92 Å². The van der Waals surface area contributed by atoms with Gasteiger partial charge in [0.25, 0.3) is 11.5 Å². The third-order valence-corrected chi connectivity index (χ3v) is 7.31. The SMILES string of the molecule is Cc1c(NC(=O)CSc2ccccc2C(=O)O[C@@H](C)C(=O)N2CCOCC2)c(=O)n(-c2ccccc2)n1C. The fraction of sp³-hybridized carbons (Fsp3) is 0.333. The molecule has 200 valence electrons. The van der Waals surface area contributed by atoms with E-state index in [1.165, 1.54) is 4.68 Å². The van der Waals surface area contributed by atoms with Gasteiger partial charge in [0.05, 0.1) is 35.9 Å². The predicted molar refractivity (Wildman–Crippen MR) is 144 cm³/mol. The van der Waals surface area contributed by atoms with Crippen LogP contribution in [0.2, 0.25) is 0 Å². The summed E-state index contributed by atoms with van der Waals surface area (Å²) in [5.41, 5.74) is 1.42. The highest BCUT2D eigenvalue weighted by Crippen LogP contribution is 2.24. The molecule has 0 bridgehead atoms. The number of morpholine rings is 1. The van der Waals surface area contributed by atoms with Gasteiger partial charge in [0, 0.05) is 25.0 Å². The van der Waals surface area contributed by atoms with E-state index in [0.717, 1.165) is 11.8 Å². The number of esters is 1. The number of para-hydroxylation sites is 1. The molecule has 2 heterocycles. The molecule has 1 aromatic heterocycles. The van der Waals surface area contributed by atoms with Gasteiger partial charge in [0.15, 0.2) is 6.10 Å². The number of nitrogens with zero attached hydrogens (tertiary/aromatic N) is 3. The Morgan fingerprint density at radius 2 is 1.71 bits per heavy atom. The van der Waals surface area contributed by atoms with E-state index in [9.17, 15) is 19.2 Å². The van der Waals surface area contributed by atoms with Crippen molar-refractivity contribution in [2.24, 2.45) is 7.05 Å². The summed E-state index contributed by atoms with van der Waals surface area (Å²) in [5, 5.41) is 2.72. The number of rotatable bonds is 8. The van der Waals surface area contributed by atoms with Crippen molar-refractivity contribution in [3.8, 4) is 5.69 Å². The maximum Gasteiger partial charge on any atom is 0.340 e. The molecular formula is C27H30N4O6S. The minimum Gasteiger partial charge on any atom is -0.449 e. The summed E-state index contributed by atoms with van der Waals surface area (Å²) in [7, 11) is 1.75. The van der Waals surface area contributed by atoms with Gasteiger partial charge in [-0.1, -0.05) is 30.3 Å². The van der Waals surface area contributed by atoms with Crippen molar-refractivity contribution in [1.29, 1.82) is 0 Å². The number of aromatic nitrogens is 2. The Morgan fingerprint density at radius 3 is 2.42 bits per heavy atom. The van der Waals surface area contributed by atoms with Crippen LogP contribution in [0.1, 0.15) is 23.0 Å². The number of hydrogen-bond acceptors (Lipinski definition) is 7. The molecule has 1 aliphatic heterocycles. The quantitative estimate of drug-likeness (QED) is 0.347. The maximum atomic E-state index is 13.1. The van der Waals surface area contributed by atoms with Crippen LogP contribution in [-0.4, -0.2) is 70.2 Å². The molecule has 11 heteroatoms. The Labute approximate surface area is 224 Å². The fourth-order valence-electron chi connectivity index (χ4n) is 4.11. The predicted octanol–water partition coefficient (Wildman–Crippen LogP) is 2.62. The van der Waals surface area contributed by atoms with Gasteiger partial charge in [-0.3, -0.25) is 19.1 Å². The van der Waals surface area contributed by atoms with E-state index < -0.39 is 12.1 Å². The van der Waals surface area contributed by atoms with E-state index in [2.05, 4.69) is 5.32 Å². The van der Waals surface area contributed by atoms with Crippen LogP contribution >= 0.6 is 11.8 Å². The lowest BCUT2D eigenvalue weighted by Crippen LogP contribution is -2.46. The standard InChI is InChI=1S/C27H30N4O6S/c1-18-24(26(34)31(29(18)3)20-9-5-4-6-10-20)28-23(32)17-38-22-12-8-7-11-21(22)27(35)37-19(2)25(33)30-13-15-36-16-14-30/h4-12,19H,13-17H2,1-3H3,(H,28,32)/t19-/m0/s1. The number of anilines is 1. The molecule has 0 unspecified atom stereocenters. The Morgan fingerprint density at radius 1 is 1.05 bits per heavy atom. The molecule has 0 spiro atoms. The maximum absolute atomic E-state index is 13.1. The Balaban J connectivity index is 1.41. The van der Waals surface area contributed by atoms with Gasteiger partial charge in [-0.05, 0) is 38.1 Å². The minimum atomic E-state index is -0.949. The summed E-state index contributed by atoms with van der Waals surface area (Å²) in [6, 6.07) is 15.9. The van der Waals surface area contributed by atoms with Crippen LogP contribution in [0.4, 0.5) is 5.69 Å². The van der Waals surface area contributed by atoms with Crippen LogP contribution < -0.4 is 10.9 Å². The monoisotopic (exact) mass is 538 g/mol. The van der Waals surface area contributed by atoms with Crippen LogP contribution in [0.5, 0.6) is 0 Å². The average Bonchev–Trinajstić information content (AvgIpc) is 3.15. The minimum absolute atomic E-state index is 0.0360. The Bertz CT molecular complexity index is 1380. The van der Waals surface area contributed by atoms with Crippen LogP contribution in [0.25, 0.3) is 5.69 Å². The van der Waals surface area contributed by atoms with Gasteiger partial charge >= 0.3 is 5.97 Å². The zero-order valence-corrected chi connectivity index (χ0v) is 22.3. The molecule has 1 fully saturated rings. The second-order valence-electron chi connectivity index (χ2n) is 8.75. The smallest absolute Gasteiger partial charge is 0.340 e. The number of carbonyl (C=O) groups excluding carboxylic acids is 3. The first kappa shape index (κ1) is 27.2. The lowest BCUT2D eigenvalue weighted by atomic mass is 10.2. The van der Waals surface area contributed by atoms with E-state index >= 15 is 0 Å². The van der Waals surface area contributed by atoms with Gasteiger partial charge in [-0.15, -0.1) is 11.8 Å². The average molecular weight is 539 g/mol. The number of carbonyl (C=O) groups is 3. The van der Waals surface area contributed by atoms with Gasteiger partial charge in [-0.25, -0.2) is 9.48 Å². The number of benzene rings is 2. The molecule has 3 aromatic rings. The highest BCUT2D eigenvalue weighted by molar-refractivity contribution is 8.00. The second-order valence-corrected chi connectivity index (χ2v) is 9.77. The first-order chi connectivity index (χ1) is 18.3. The number of nitrogens with one attached hydrogen (secondary N) is 1. The summed E-state index contributed by atoms with van der Waals surface area (Å²) in [6.45, 7) is 5.13. The topological polar surface area (TPSA) is 112 Å². The second kappa shape index (κ2) is 12.1. The normalized spacial score (nSPS) is 14.1. The summed E-state index contributed by atoms with van der Waals surface area (Å²) in [6.07, 6.45) is -0.949. The highest BCUT2D eigenvalue weighted by atomic mass is 32.2. The van der Waals surface area contributed by atoms with Crippen molar-refractivity contribution in [2.45, 2.75) is 24.8 Å². The molecule has 0 radical (unpaired) electrons. The lowest BCUT2D eigenvalue weighted by molar-refractivity contribution is -0.143. The number of hydrogen-bond donors (Lipinski definition) is 1. The van der Waals surface area contributed by atoms with E-state index in [1.54, 1.807) is 54.7 Å². The number of thioether (sulfide) groups is 1. The molecule has 1 atom stereocenters. The third kappa shape index (κ3) is 6.00. The molecule has 4 rings (SSSR count). The molecule has 10 nitrogen and oxygen atoms in total. The molecule has 0 saturated carbocycles. The molecule has 1 aliphatic rings. The Kier molecular flexibility index (Phi) is 8.70.